The van der Waals surface area contributed by atoms with Gasteiger partial charge in [-0.1, -0.05) is 17.7 Å². The molecule has 24 heavy (non-hydrogen) atoms. The van der Waals surface area contributed by atoms with Crippen molar-refractivity contribution in [1.29, 1.82) is 0 Å². The van der Waals surface area contributed by atoms with E-state index in [1.165, 1.54) is 16.4 Å². The molecule has 1 aliphatic heterocycles. The number of nitrogens with zero attached hydrogens (tertiary/aromatic N) is 2. The molecule has 1 aliphatic rings. The third kappa shape index (κ3) is 3.51. The van der Waals surface area contributed by atoms with Crippen LogP contribution in [0.4, 0.5) is 0 Å². The van der Waals surface area contributed by atoms with Crippen LogP contribution in [0.5, 0.6) is 0 Å². The van der Waals surface area contributed by atoms with E-state index in [0.29, 0.717) is 23.8 Å². The van der Waals surface area contributed by atoms with Crippen molar-refractivity contribution in [2.45, 2.75) is 4.90 Å². The van der Waals surface area contributed by atoms with Gasteiger partial charge in [0.1, 0.15) is 5.69 Å². The fourth-order valence-corrected chi connectivity index (χ4v) is 4.64. The molecule has 1 saturated heterocycles. The molecule has 0 spiro atoms. The standard InChI is InChI=1S/C15H15BrClN3O3S/c16-11-8-14(18-10-11)15(21)19-4-6-20(7-5-19)24(22,23)13-3-1-2-12(17)9-13/h1-3,8-10,18H,4-7H2. The highest BCUT2D eigenvalue weighted by Gasteiger charge is 2.30. The minimum Gasteiger partial charge on any atom is -0.356 e. The predicted molar refractivity (Wildman–Crippen MR) is 94.6 cm³/mol. The molecule has 6 nitrogen and oxygen atoms in total. The molecule has 1 amide bonds. The van der Waals surface area contributed by atoms with E-state index < -0.39 is 10.0 Å². The molecule has 9 heteroatoms. The number of rotatable bonds is 3. The van der Waals surface area contributed by atoms with E-state index in [1.807, 2.05) is 0 Å². The lowest BCUT2D eigenvalue weighted by atomic mass is 10.3. The van der Waals surface area contributed by atoms with Crippen LogP contribution in [0.25, 0.3) is 0 Å². The molecule has 1 N–H and O–H groups in total. The maximum atomic E-state index is 12.6. The molecule has 3 rings (SSSR count). The Kier molecular flexibility index (Phi) is 5.00. The molecule has 0 bridgehead atoms. The lowest BCUT2D eigenvalue weighted by molar-refractivity contribution is 0.0692. The third-order valence-corrected chi connectivity index (χ3v) is 6.43. The molecular formula is C15H15BrClN3O3S. The Morgan fingerprint density at radius 3 is 2.46 bits per heavy atom. The Balaban J connectivity index is 1.69. The minimum atomic E-state index is -3.60. The number of aromatic nitrogens is 1. The summed E-state index contributed by atoms with van der Waals surface area (Å²) in [4.78, 5) is 17.1. The van der Waals surface area contributed by atoms with Crippen molar-refractivity contribution in [1.82, 2.24) is 14.2 Å². The number of hydrogen-bond acceptors (Lipinski definition) is 3. The van der Waals surface area contributed by atoms with Crippen LogP contribution in [0.1, 0.15) is 10.5 Å². The molecule has 2 aromatic rings. The third-order valence-electron chi connectivity index (χ3n) is 3.84. The number of nitrogens with one attached hydrogen (secondary N) is 1. The van der Waals surface area contributed by atoms with E-state index in [9.17, 15) is 13.2 Å². The molecule has 0 radical (unpaired) electrons. The van der Waals surface area contributed by atoms with Gasteiger partial charge in [-0.05, 0) is 40.2 Å². The van der Waals surface area contributed by atoms with Crippen LogP contribution in [-0.4, -0.2) is 54.7 Å². The van der Waals surface area contributed by atoms with E-state index in [2.05, 4.69) is 20.9 Å². The monoisotopic (exact) mass is 431 g/mol. The summed E-state index contributed by atoms with van der Waals surface area (Å²) in [6, 6.07) is 7.90. The maximum Gasteiger partial charge on any atom is 0.270 e. The highest BCUT2D eigenvalue weighted by atomic mass is 79.9. The van der Waals surface area contributed by atoms with Crippen LogP contribution < -0.4 is 0 Å². The lowest BCUT2D eigenvalue weighted by Crippen LogP contribution is -2.50. The summed E-state index contributed by atoms with van der Waals surface area (Å²) in [5, 5.41) is 0.377. The zero-order valence-corrected chi connectivity index (χ0v) is 15.7. The normalized spacial score (nSPS) is 16.3. The summed E-state index contributed by atoms with van der Waals surface area (Å²) in [6.45, 7) is 1.19. The van der Waals surface area contributed by atoms with E-state index in [0.717, 1.165) is 4.47 Å². The fraction of sp³-hybridized carbons (Fsp3) is 0.267. The van der Waals surface area contributed by atoms with Gasteiger partial charge >= 0.3 is 0 Å². The van der Waals surface area contributed by atoms with Crippen molar-refractivity contribution < 1.29 is 13.2 Å². The van der Waals surface area contributed by atoms with E-state index in [4.69, 9.17) is 11.6 Å². The summed E-state index contributed by atoms with van der Waals surface area (Å²) in [5.41, 5.74) is 0.480. The van der Waals surface area contributed by atoms with Gasteiger partial charge in [-0.3, -0.25) is 4.79 Å². The Labute approximate surface area is 153 Å². The van der Waals surface area contributed by atoms with Gasteiger partial charge in [-0.25, -0.2) is 8.42 Å². The second-order valence-corrected chi connectivity index (χ2v) is 8.68. The van der Waals surface area contributed by atoms with E-state index >= 15 is 0 Å². The quantitative estimate of drug-likeness (QED) is 0.810. The number of benzene rings is 1. The molecule has 128 valence electrons. The second-order valence-electron chi connectivity index (χ2n) is 5.39. The van der Waals surface area contributed by atoms with Crippen LogP contribution in [0.3, 0.4) is 0 Å². The highest BCUT2D eigenvalue weighted by molar-refractivity contribution is 9.10. The fourth-order valence-electron chi connectivity index (χ4n) is 2.57. The van der Waals surface area contributed by atoms with E-state index in [1.54, 1.807) is 29.3 Å². The Morgan fingerprint density at radius 1 is 1.17 bits per heavy atom. The van der Waals surface area contributed by atoms with Gasteiger partial charge in [0.2, 0.25) is 10.0 Å². The van der Waals surface area contributed by atoms with Crippen LogP contribution in [-0.2, 0) is 10.0 Å². The van der Waals surface area contributed by atoms with Crippen LogP contribution in [0, 0.1) is 0 Å². The van der Waals surface area contributed by atoms with Crippen molar-refractivity contribution in [2.24, 2.45) is 0 Å². The maximum absolute atomic E-state index is 12.6. The summed E-state index contributed by atoms with van der Waals surface area (Å²) in [6.07, 6.45) is 1.69. The van der Waals surface area contributed by atoms with Gasteiger partial charge in [0, 0.05) is 41.9 Å². The number of carbonyl (C=O) groups excluding carboxylic acids is 1. The number of H-pyrrole nitrogens is 1. The first-order valence-corrected chi connectivity index (χ1v) is 9.88. The Hall–Kier alpha value is -1.35. The largest absolute Gasteiger partial charge is 0.356 e. The summed E-state index contributed by atoms with van der Waals surface area (Å²) in [7, 11) is -3.60. The number of sulfonamides is 1. The van der Waals surface area contributed by atoms with Crippen molar-refractivity contribution >= 4 is 43.5 Å². The minimum absolute atomic E-state index is 0.138. The molecule has 1 aromatic carbocycles. The van der Waals surface area contributed by atoms with Crippen molar-refractivity contribution in [3.63, 3.8) is 0 Å². The number of aromatic amines is 1. The number of piperazine rings is 1. The number of carbonyl (C=O) groups is 1. The second kappa shape index (κ2) is 6.87. The lowest BCUT2D eigenvalue weighted by Gasteiger charge is -2.33. The molecule has 1 aromatic heterocycles. The topological polar surface area (TPSA) is 73.5 Å². The van der Waals surface area contributed by atoms with Gasteiger partial charge in [0.05, 0.1) is 4.90 Å². The van der Waals surface area contributed by atoms with Crippen molar-refractivity contribution in [3.8, 4) is 0 Å². The van der Waals surface area contributed by atoms with Gasteiger partial charge in [0.25, 0.3) is 5.91 Å². The number of hydrogen-bond donors (Lipinski definition) is 1. The molecule has 0 atom stereocenters. The molecule has 0 unspecified atom stereocenters. The Bertz CT molecular complexity index is 860. The van der Waals surface area contributed by atoms with Crippen LogP contribution in [0.2, 0.25) is 5.02 Å². The summed E-state index contributed by atoms with van der Waals surface area (Å²) < 4.78 is 27.5. The smallest absolute Gasteiger partial charge is 0.270 e. The first-order valence-electron chi connectivity index (χ1n) is 7.27. The SMILES string of the molecule is O=C(c1cc(Br)c[nH]1)N1CCN(S(=O)(=O)c2cccc(Cl)c2)CC1. The summed E-state index contributed by atoms with van der Waals surface area (Å²) in [5.74, 6) is -0.138. The van der Waals surface area contributed by atoms with Gasteiger partial charge in [-0.2, -0.15) is 4.31 Å². The molecule has 1 fully saturated rings. The zero-order chi connectivity index (χ0) is 17.3. The number of halogens is 2. The van der Waals surface area contributed by atoms with Gasteiger partial charge in [0.15, 0.2) is 0 Å². The first-order chi connectivity index (χ1) is 11.4. The molecule has 0 aliphatic carbocycles. The van der Waals surface area contributed by atoms with Crippen LogP contribution in [0.15, 0.2) is 45.9 Å². The Morgan fingerprint density at radius 2 is 1.88 bits per heavy atom. The average molecular weight is 433 g/mol. The zero-order valence-electron chi connectivity index (χ0n) is 12.6. The van der Waals surface area contributed by atoms with Crippen LogP contribution >= 0.6 is 27.5 Å². The molecular weight excluding hydrogens is 418 g/mol. The van der Waals surface area contributed by atoms with Crippen molar-refractivity contribution in [2.75, 3.05) is 26.2 Å². The van der Waals surface area contributed by atoms with E-state index in [-0.39, 0.29) is 23.9 Å². The van der Waals surface area contributed by atoms with Gasteiger partial charge < -0.3 is 9.88 Å². The predicted octanol–water partition coefficient (Wildman–Crippen LogP) is 2.58. The molecule has 0 saturated carbocycles. The number of amides is 1. The van der Waals surface area contributed by atoms with Gasteiger partial charge in [-0.15, -0.1) is 0 Å². The first kappa shape index (κ1) is 17.5. The summed E-state index contributed by atoms with van der Waals surface area (Å²) >= 11 is 9.17. The highest BCUT2D eigenvalue weighted by Crippen LogP contribution is 2.21. The molecule has 2 heterocycles. The van der Waals surface area contributed by atoms with Crippen molar-refractivity contribution in [3.05, 3.63) is 51.7 Å². The average Bonchev–Trinajstić information content (AvgIpc) is 3.01.